The van der Waals surface area contributed by atoms with Gasteiger partial charge in [-0.05, 0) is 12.1 Å². The third kappa shape index (κ3) is 1.46. The van der Waals surface area contributed by atoms with Gasteiger partial charge in [0.05, 0.1) is 5.56 Å². The van der Waals surface area contributed by atoms with Gasteiger partial charge in [-0.15, -0.1) is 0 Å². The number of aromatic nitrogens is 1. The standard InChI is InChI=1S/C7H8N2OS/c1-9-4-2-3-5(6(8)11)7(9)10/h2-4H,1H3,(H2,8,11). The van der Waals surface area contributed by atoms with Crippen LogP contribution in [0.5, 0.6) is 0 Å². The smallest absolute Gasteiger partial charge is 0.260 e. The van der Waals surface area contributed by atoms with E-state index in [0.29, 0.717) is 5.56 Å². The van der Waals surface area contributed by atoms with Crippen molar-refractivity contribution in [1.82, 2.24) is 4.57 Å². The first kappa shape index (κ1) is 7.94. The number of nitrogens with zero attached hydrogens (tertiary/aromatic N) is 1. The summed E-state index contributed by atoms with van der Waals surface area (Å²) >= 11 is 4.67. The lowest BCUT2D eigenvalue weighted by Gasteiger charge is -1.99. The Bertz CT molecular complexity index is 343. The molecule has 1 aromatic rings. The van der Waals surface area contributed by atoms with Crippen molar-refractivity contribution in [3.8, 4) is 0 Å². The van der Waals surface area contributed by atoms with E-state index >= 15 is 0 Å². The van der Waals surface area contributed by atoms with Crippen molar-refractivity contribution in [1.29, 1.82) is 0 Å². The summed E-state index contributed by atoms with van der Waals surface area (Å²) in [5.41, 5.74) is 5.54. The molecule has 0 aliphatic rings. The highest BCUT2D eigenvalue weighted by Gasteiger charge is 2.01. The van der Waals surface area contributed by atoms with E-state index in [4.69, 9.17) is 5.73 Å². The number of rotatable bonds is 1. The summed E-state index contributed by atoms with van der Waals surface area (Å²) in [4.78, 5) is 11.4. The Morgan fingerprint density at radius 1 is 1.73 bits per heavy atom. The molecule has 0 saturated carbocycles. The summed E-state index contributed by atoms with van der Waals surface area (Å²) in [5.74, 6) is 0. The van der Waals surface area contributed by atoms with Gasteiger partial charge in [0, 0.05) is 13.2 Å². The largest absolute Gasteiger partial charge is 0.389 e. The Hall–Kier alpha value is -1.16. The summed E-state index contributed by atoms with van der Waals surface area (Å²) in [6, 6.07) is 3.35. The van der Waals surface area contributed by atoms with Gasteiger partial charge < -0.3 is 10.3 Å². The van der Waals surface area contributed by atoms with Crippen LogP contribution in [-0.2, 0) is 7.05 Å². The molecule has 0 fully saturated rings. The maximum Gasteiger partial charge on any atom is 0.260 e. The second-order valence-corrected chi connectivity index (χ2v) is 2.64. The number of thiocarbonyl (C=S) groups is 1. The predicted molar refractivity (Wildman–Crippen MR) is 47.6 cm³/mol. The zero-order chi connectivity index (χ0) is 8.43. The maximum absolute atomic E-state index is 11.2. The SMILES string of the molecule is Cn1cccc(C(N)=S)c1=O. The molecule has 0 unspecified atom stereocenters. The summed E-state index contributed by atoms with van der Waals surface area (Å²) in [7, 11) is 1.66. The first-order valence-electron chi connectivity index (χ1n) is 3.08. The second-order valence-electron chi connectivity index (χ2n) is 2.20. The maximum atomic E-state index is 11.2. The van der Waals surface area contributed by atoms with E-state index in [1.165, 1.54) is 4.57 Å². The van der Waals surface area contributed by atoms with Crippen LogP contribution >= 0.6 is 12.2 Å². The molecule has 1 rings (SSSR count). The number of pyridine rings is 1. The van der Waals surface area contributed by atoms with Gasteiger partial charge in [0.25, 0.3) is 5.56 Å². The fourth-order valence-corrected chi connectivity index (χ4v) is 0.940. The summed E-state index contributed by atoms with van der Waals surface area (Å²) in [6.45, 7) is 0. The van der Waals surface area contributed by atoms with E-state index in [9.17, 15) is 4.79 Å². The average molecular weight is 168 g/mol. The minimum Gasteiger partial charge on any atom is -0.389 e. The van der Waals surface area contributed by atoms with Crippen molar-refractivity contribution >= 4 is 17.2 Å². The average Bonchev–Trinajstić information content (AvgIpc) is 1.94. The molecular formula is C7H8N2OS. The molecule has 3 nitrogen and oxygen atoms in total. The van der Waals surface area contributed by atoms with Gasteiger partial charge in [-0.1, -0.05) is 12.2 Å². The van der Waals surface area contributed by atoms with E-state index in [1.807, 2.05) is 0 Å². The number of hydrogen-bond donors (Lipinski definition) is 1. The van der Waals surface area contributed by atoms with Crippen molar-refractivity contribution in [2.75, 3.05) is 0 Å². The van der Waals surface area contributed by atoms with E-state index < -0.39 is 0 Å². The Balaban J connectivity index is 3.40. The quantitative estimate of drug-likeness (QED) is 0.601. The van der Waals surface area contributed by atoms with Gasteiger partial charge in [-0.2, -0.15) is 0 Å². The van der Waals surface area contributed by atoms with Gasteiger partial charge in [0.1, 0.15) is 4.99 Å². The van der Waals surface area contributed by atoms with Gasteiger partial charge in [0.15, 0.2) is 0 Å². The molecule has 0 aliphatic heterocycles. The molecule has 4 heteroatoms. The minimum atomic E-state index is -0.153. The molecule has 2 N–H and O–H groups in total. The summed E-state index contributed by atoms with van der Waals surface area (Å²) in [6.07, 6.45) is 1.66. The summed E-state index contributed by atoms with van der Waals surface area (Å²) in [5, 5.41) is 0. The highest BCUT2D eigenvalue weighted by Crippen LogP contribution is 1.89. The zero-order valence-electron chi connectivity index (χ0n) is 6.07. The van der Waals surface area contributed by atoms with Gasteiger partial charge in [0.2, 0.25) is 0 Å². The Labute approximate surface area is 69.5 Å². The summed E-state index contributed by atoms with van der Waals surface area (Å²) < 4.78 is 1.44. The molecule has 0 saturated heterocycles. The van der Waals surface area contributed by atoms with Crippen LogP contribution in [0.1, 0.15) is 5.56 Å². The normalized spacial score (nSPS) is 9.55. The Kier molecular flexibility index (Phi) is 2.05. The monoisotopic (exact) mass is 168 g/mol. The lowest BCUT2D eigenvalue weighted by molar-refractivity contribution is 0.857. The van der Waals surface area contributed by atoms with Gasteiger partial charge >= 0.3 is 0 Å². The fraction of sp³-hybridized carbons (Fsp3) is 0.143. The molecule has 1 aromatic heterocycles. The van der Waals surface area contributed by atoms with Crippen molar-refractivity contribution < 1.29 is 0 Å². The van der Waals surface area contributed by atoms with Crippen molar-refractivity contribution in [3.63, 3.8) is 0 Å². The second kappa shape index (κ2) is 2.84. The molecule has 1 heterocycles. The van der Waals surface area contributed by atoms with Crippen LogP contribution in [0.15, 0.2) is 23.1 Å². The van der Waals surface area contributed by atoms with Gasteiger partial charge in [-0.3, -0.25) is 4.79 Å². The van der Waals surface area contributed by atoms with E-state index in [2.05, 4.69) is 12.2 Å². The number of aryl methyl sites for hydroxylation is 1. The molecule has 58 valence electrons. The lowest BCUT2D eigenvalue weighted by Crippen LogP contribution is -2.26. The third-order valence-corrected chi connectivity index (χ3v) is 1.61. The minimum absolute atomic E-state index is 0.145. The van der Waals surface area contributed by atoms with Crippen LogP contribution < -0.4 is 11.3 Å². The third-order valence-electron chi connectivity index (χ3n) is 1.39. The first-order valence-corrected chi connectivity index (χ1v) is 3.49. The number of hydrogen-bond acceptors (Lipinski definition) is 2. The Morgan fingerprint density at radius 3 is 2.82 bits per heavy atom. The van der Waals surface area contributed by atoms with E-state index in [-0.39, 0.29) is 10.5 Å². The fourth-order valence-electron chi connectivity index (χ4n) is 0.785. The molecule has 0 atom stereocenters. The van der Waals surface area contributed by atoms with Crippen LogP contribution in [0.3, 0.4) is 0 Å². The van der Waals surface area contributed by atoms with Crippen LogP contribution in [-0.4, -0.2) is 9.56 Å². The van der Waals surface area contributed by atoms with Gasteiger partial charge in [-0.25, -0.2) is 0 Å². The highest BCUT2D eigenvalue weighted by atomic mass is 32.1. The highest BCUT2D eigenvalue weighted by molar-refractivity contribution is 7.80. The predicted octanol–water partition coefficient (Wildman–Crippen LogP) is 0.0195. The van der Waals surface area contributed by atoms with Crippen LogP contribution in [0, 0.1) is 0 Å². The molecule has 11 heavy (non-hydrogen) atoms. The van der Waals surface area contributed by atoms with Crippen molar-refractivity contribution in [2.24, 2.45) is 12.8 Å². The van der Waals surface area contributed by atoms with E-state index in [1.54, 1.807) is 25.4 Å². The van der Waals surface area contributed by atoms with Crippen molar-refractivity contribution in [3.05, 3.63) is 34.2 Å². The zero-order valence-corrected chi connectivity index (χ0v) is 6.89. The van der Waals surface area contributed by atoms with Crippen LogP contribution in [0.25, 0.3) is 0 Å². The molecular weight excluding hydrogens is 160 g/mol. The van der Waals surface area contributed by atoms with E-state index in [0.717, 1.165) is 0 Å². The lowest BCUT2D eigenvalue weighted by atomic mass is 10.3. The number of nitrogens with two attached hydrogens (primary N) is 1. The van der Waals surface area contributed by atoms with Crippen LogP contribution in [0.2, 0.25) is 0 Å². The first-order chi connectivity index (χ1) is 5.13. The molecule has 0 aromatic carbocycles. The van der Waals surface area contributed by atoms with Crippen molar-refractivity contribution in [2.45, 2.75) is 0 Å². The molecule has 0 aliphatic carbocycles. The Morgan fingerprint density at radius 2 is 2.36 bits per heavy atom. The van der Waals surface area contributed by atoms with Crippen LogP contribution in [0.4, 0.5) is 0 Å². The topological polar surface area (TPSA) is 48.0 Å². The molecule has 0 radical (unpaired) electrons. The molecule has 0 bridgehead atoms. The molecule has 0 spiro atoms. The molecule has 0 amide bonds.